The lowest BCUT2D eigenvalue weighted by Crippen LogP contribution is -2.54. The molecule has 1 aromatic carbocycles. The van der Waals surface area contributed by atoms with E-state index in [4.69, 9.17) is 4.74 Å². The highest BCUT2D eigenvalue weighted by atomic mass is 32.1. The smallest absolute Gasteiger partial charge is 0.251 e. The highest BCUT2D eigenvalue weighted by Crippen LogP contribution is 2.37. The average Bonchev–Trinajstić information content (AvgIpc) is 3.70. The minimum Gasteiger partial charge on any atom is -0.367 e. The van der Waals surface area contributed by atoms with Crippen LogP contribution in [0.4, 0.5) is 9.52 Å². The molecule has 5 atom stereocenters. The fourth-order valence-corrected chi connectivity index (χ4v) is 6.84. The number of fused-ring (bicyclic) bond motifs is 1. The lowest BCUT2D eigenvalue weighted by Gasteiger charge is -2.31. The van der Waals surface area contributed by atoms with Crippen LogP contribution in [0.1, 0.15) is 44.5 Å². The number of Topliss-reactive ketones (excluding diaryl/α,β-unsaturated/α-hetero) is 1. The molecule has 4 heterocycles. The van der Waals surface area contributed by atoms with E-state index < -0.39 is 18.0 Å². The largest absolute Gasteiger partial charge is 0.367 e. The van der Waals surface area contributed by atoms with Crippen molar-refractivity contribution >= 4 is 34.1 Å². The number of amides is 2. The van der Waals surface area contributed by atoms with Gasteiger partial charge >= 0.3 is 0 Å². The third kappa shape index (κ3) is 5.87. The van der Waals surface area contributed by atoms with Crippen LogP contribution in [-0.4, -0.2) is 96.9 Å². The van der Waals surface area contributed by atoms with Crippen LogP contribution in [0.3, 0.4) is 0 Å². The Kier molecular flexibility index (Phi) is 9.10. The summed E-state index contributed by atoms with van der Waals surface area (Å²) in [5.41, 5.74) is 2.29. The lowest BCUT2D eigenvalue weighted by molar-refractivity contribution is -0.139. The summed E-state index contributed by atoms with van der Waals surface area (Å²) in [6.45, 7) is 11.6. The van der Waals surface area contributed by atoms with Crippen molar-refractivity contribution in [1.82, 2.24) is 20.1 Å². The SMILES string of the molecule is C/C=C(\C)C1CN(C(=O)C(NC(=O)c2ccc(-c3nc(N4CCN(C)CC4)sc3F)cc2)C(C)CC)C2C(=O)COC12. The molecule has 226 valence electrons. The number of likely N-dealkylation sites (N-methyl/N-ethyl adjacent to an activating group) is 1. The number of carbonyl (C=O) groups is 3. The summed E-state index contributed by atoms with van der Waals surface area (Å²) in [4.78, 5) is 50.6. The zero-order valence-corrected chi connectivity index (χ0v) is 25.7. The molecule has 5 rings (SSSR count). The molecule has 9 nitrogen and oxygen atoms in total. The molecule has 0 radical (unpaired) electrons. The molecule has 2 aromatic rings. The molecule has 0 saturated carbocycles. The Morgan fingerprint density at radius 2 is 1.90 bits per heavy atom. The van der Waals surface area contributed by atoms with Crippen molar-refractivity contribution in [1.29, 1.82) is 0 Å². The van der Waals surface area contributed by atoms with E-state index in [0.29, 0.717) is 29.2 Å². The van der Waals surface area contributed by atoms with Crippen molar-refractivity contribution < 1.29 is 23.5 Å². The van der Waals surface area contributed by atoms with Crippen LogP contribution < -0.4 is 10.2 Å². The number of thiazole rings is 1. The predicted octanol–water partition coefficient (Wildman–Crippen LogP) is 3.61. The number of hydrogen-bond acceptors (Lipinski definition) is 8. The molecule has 0 spiro atoms. The van der Waals surface area contributed by atoms with Gasteiger partial charge in [0.2, 0.25) is 11.0 Å². The lowest BCUT2D eigenvalue weighted by atomic mass is 9.94. The molecule has 2 amide bonds. The van der Waals surface area contributed by atoms with Gasteiger partial charge in [-0.15, -0.1) is 0 Å². The van der Waals surface area contributed by atoms with E-state index in [2.05, 4.69) is 27.1 Å². The van der Waals surface area contributed by atoms with Crippen molar-refractivity contribution in [2.75, 3.05) is 51.3 Å². The molecule has 3 aliphatic heterocycles. The zero-order valence-electron chi connectivity index (χ0n) is 24.9. The predicted molar refractivity (Wildman–Crippen MR) is 161 cm³/mol. The standard InChI is InChI=1S/C31H40FN5O4S/c1-6-18(3)22-16-37(26-23(38)17-41-27(22)26)30(40)24(19(4)7-2)33-29(39)21-10-8-20(9-11-21)25-28(32)42-31(34-25)36-14-12-35(5)13-15-36/h6,8-11,19,22,24,26-27H,7,12-17H2,1-5H3,(H,33,39)/b18-6+. The Labute approximate surface area is 250 Å². The van der Waals surface area contributed by atoms with Gasteiger partial charge in [0, 0.05) is 49.8 Å². The summed E-state index contributed by atoms with van der Waals surface area (Å²) >= 11 is 1.04. The van der Waals surface area contributed by atoms with Crippen LogP contribution in [-0.2, 0) is 14.3 Å². The van der Waals surface area contributed by atoms with E-state index in [-0.39, 0.29) is 47.1 Å². The van der Waals surface area contributed by atoms with Crippen molar-refractivity contribution in [3.63, 3.8) is 0 Å². The summed E-state index contributed by atoms with van der Waals surface area (Å²) in [5, 5.41) is 3.24. The van der Waals surface area contributed by atoms with E-state index in [9.17, 15) is 18.8 Å². The Bertz CT molecular complexity index is 1350. The molecule has 1 N–H and O–H groups in total. The van der Waals surface area contributed by atoms with Gasteiger partial charge in [-0.3, -0.25) is 14.4 Å². The highest BCUT2D eigenvalue weighted by Gasteiger charge is 2.53. The molecule has 1 aromatic heterocycles. The summed E-state index contributed by atoms with van der Waals surface area (Å²) in [6.07, 6.45) is 2.30. The van der Waals surface area contributed by atoms with Crippen LogP contribution >= 0.6 is 11.3 Å². The fraction of sp³-hybridized carbons (Fsp3) is 0.548. The maximum absolute atomic E-state index is 14.9. The number of ketones is 1. The number of likely N-dealkylation sites (tertiary alicyclic amines) is 1. The number of allylic oxidation sites excluding steroid dienone is 1. The number of carbonyl (C=O) groups excluding carboxylic acids is 3. The monoisotopic (exact) mass is 597 g/mol. The summed E-state index contributed by atoms with van der Waals surface area (Å²) in [6, 6.07) is 5.19. The molecule has 3 aliphatic rings. The van der Waals surface area contributed by atoms with Crippen LogP contribution in [0.5, 0.6) is 0 Å². The van der Waals surface area contributed by atoms with Crippen LogP contribution in [0.2, 0.25) is 0 Å². The first-order valence-electron chi connectivity index (χ1n) is 14.7. The first-order valence-corrected chi connectivity index (χ1v) is 15.5. The summed E-state index contributed by atoms with van der Waals surface area (Å²) in [5.74, 6) is -0.983. The van der Waals surface area contributed by atoms with E-state index in [0.717, 1.165) is 43.1 Å². The second kappa shape index (κ2) is 12.6. The Morgan fingerprint density at radius 1 is 1.21 bits per heavy atom. The quantitative estimate of drug-likeness (QED) is 0.465. The second-order valence-electron chi connectivity index (χ2n) is 11.6. The molecule has 0 aliphatic carbocycles. The second-order valence-corrected chi connectivity index (χ2v) is 12.6. The topological polar surface area (TPSA) is 95.1 Å². The number of aromatic nitrogens is 1. The van der Waals surface area contributed by atoms with E-state index in [1.807, 2.05) is 33.8 Å². The van der Waals surface area contributed by atoms with Crippen molar-refractivity contribution in [2.24, 2.45) is 11.8 Å². The van der Waals surface area contributed by atoms with Gasteiger partial charge in [-0.05, 0) is 38.9 Å². The number of hydrogen-bond donors (Lipinski definition) is 1. The third-order valence-electron chi connectivity index (χ3n) is 9.04. The minimum absolute atomic E-state index is 0.00420. The summed E-state index contributed by atoms with van der Waals surface area (Å²) in [7, 11) is 2.07. The number of rotatable bonds is 8. The van der Waals surface area contributed by atoms with Gasteiger partial charge in [-0.2, -0.15) is 4.39 Å². The maximum Gasteiger partial charge on any atom is 0.251 e. The molecular formula is C31H40FN5O4S. The van der Waals surface area contributed by atoms with Gasteiger partial charge in [0.25, 0.3) is 5.91 Å². The number of ether oxygens (including phenoxy) is 1. The molecule has 11 heteroatoms. The van der Waals surface area contributed by atoms with E-state index in [1.54, 1.807) is 29.2 Å². The number of halogens is 1. The van der Waals surface area contributed by atoms with Crippen molar-refractivity contribution in [3.05, 3.63) is 46.6 Å². The number of nitrogens with one attached hydrogen (secondary N) is 1. The highest BCUT2D eigenvalue weighted by molar-refractivity contribution is 7.14. The number of piperazine rings is 1. The van der Waals surface area contributed by atoms with Gasteiger partial charge in [-0.1, -0.05) is 55.4 Å². The van der Waals surface area contributed by atoms with Gasteiger partial charge in [0.1, 0.15) is 24.4 Å². The Balaban J connectivity index is 1.31. The Morgan fingerprint density at radius 3 is 2.55 bits per heavy atom. The first-order chi connectivity index (χ1) is 20.1. The van der Waals surface area contributed by atoms with Crippen molar-refractivity contribution in [2.45, 2.75) is 52.3 Å². The number of benzene rings is 1. The normalized spacial score (nSPS) is 24.6. The molecule has 3 saturated heterocycles. The molecule has 42 heavy (non-hydrogen) atoms. The zero-order chi connectivity index (χ0) is 30.1. The van der Waals surface area contributed by atoms with Gasteiger partial charge in [0.15, 0.2) is 10.9 Å². The minimum atomic E-state index is -0.803. The van der Waals surface area contributed by atoms with E-state index in [1.165, 1.54) is 0 Å². The van der Waals surface area contributed by atoms with Crippen LogP contribution in [0, 0.1) is 17.0 Å². The van der Waals surface area contributed by atoms with Crippen LogP contribution in [0.25, 0.3) is 11.3 Å². The van der Waals surface area contributed by atoms with Gasteiger partial charge in [0.05, 0.1) is 6.10 Å². The van der Waals surface area contributed by atoms with Gasteiger partial charge in [-0.25, -0.2) is 4.98 Å². The molecular weight excluding hydrogens is 557 g/mol. The number of nitrogens with zero attached hydrogens (tertiary/aromatic N) is 4. The van der Waals surface area contributed by atoms with Gasteiger partial charge < -0.3 is 24.8 Å². The molecule has 3 fully saturated rings. The van der Waals surface area contributed by atoms with E-state index >= 15 is 0 Å². The van der Waals surface area contributed by atoms with Crippen molar-refractivity contribution in [3.8, 4) is 11.3 Å². The third-order valence-corrected chi connectivity index (χ3v) is 9.95. The summed E-state index contributed by atoms with van der Waals surface area (Å²) < 4.78 is 20.7. The number of anilines is 1. The Hall–Kier alpha value is -3.15. The molecule has 0 bridgehead atoms. The average molecular weight is 598 g/mol. The molecule has 5 unspecified atom stereocenters. The first kappa shape index (κ1) is 30.3. The van der Waals surface area contributed by atoms with Crippen LogP contribution in [0.15, 0.2) is 35.9 Å². The fourth-order valence-electron chi connectivity index (χ4n) is 5.97. The maximum atomic E-state index is 14.9.